The van der Waals surface area contributed by atoms with Crippen LogP contribution in [0, 0.1) is 5.92 Å². The van der Waals surface area contributed by atoms with Crippen LogP contribution in [0.15, 0.2) is 24.3 Å². The van der Waals surface area contributed by atoms with Crippen molar-refractivity contribution in [2.45, 2.75) is 45.2 Å². The standard InChI is InChI=1S/C16H24N2O2/c1-11(2)10-18(13-5-6-13)16(20)15(17)9-12-3-7-14(19)8-4-12/h3-4,7-8,11,13,15,19H,5-6,9-10,17H2,1-2H3. The van der Waals surface area contributed by atoms with Gasteiger partial charge in [0.1, 0.15) is 5.75 Å². The third kappa shape index (κ3) is 3.97. The monoisotopic (exact) mass is 276 g/mol. The lowest BCUT2D eigenvalue weighted by molar-refractivity contribution is -0.133. The summed E-state index contributed by atoms with van der Waals surface area (Å²) in [5.41, 5.74) is 7.05. The molecule has 1 unspecified atom stereocenters. The summed E-state index contributed by atoms with van der Waals surface area (Å²) in [6.07, 6.45) is 2.72. The predicted molar refractivity (Wildman–Crippen MR) is 79.4 cm³/mol. The van der Waals surface area contributed by atoms with E-state index in [1.54, 1.807) is 12.1 Å². The molecule has 0 radical (unpaired) electrons. The van der Waals surface area contributed by atoms with Gasteiger partial charge in [-0.05, 0) is 42.9 Å². The van der Waals surface area contributed by atoms with E-state index < -0.39 is 6.04 Å². The molecule has 0 saturated heterocycles. The smallest absolute Gasteiger partial charge is 0.240 e. The van der Waals surface area contributed by atoms with Gasteiger partial charge in [-0.15, -0.1) is 0 Å². The van der Waals surface area contributed by atoms with Crippen molar-refractivity contribution in [2.75, 3.05) is 6.54 Å². The van der Waals surface area contributed by atoms with E-state index in [1.807, 2.05) is 17.0 Å². The molecular formula is C16H24N2O2. The lowest BCUT2D eigenvalue weighted by Crippen LogP contribution is -2.47. The van der Waals surface area contributed by atoms with E-state index in [0.717, 1.165) is 24.9 Å². The van der Waals surface area contributed by atoms with E-state index >= 15 is 0 Å². The number of amides is 1. The maximum atomic E-state index is 12.5. The van der Waals surface area contributed by atoms with Crippen LogP contribution in [0.1, 0.15) is 32.3 Å². The van der Waals surface area contributed by atoms with Crippen LogP contribution < -0.4 is 5.73 Å². The maximum Gasteiger partial charge on any atom is 0.240 e. The van der Waals surface area contributed by atoms with Gasteiger partial charge in [-0.25, -0.2) is 0 Å². The van der Waals surface area contributed by atoms with Crippen molar-refractivity contribution >= 4 is 5.91 Å². The summed E-state index contributed by atoms with van der Waals surface area (Å²) in [6.45, 7) is 5.02. The number of rotatable bonds is 6. The Hall–Kier alpha value is -1.55. The third-order valence-corrected chi connectivity index (χ3v) is 3.54. The summed E-state index contributed by atoms with van der Waals surface area (Å²) >= 11 is 0. The number of phenolic OH excluding ortho intramolecular Hbond substituents is 1. The molecule has 1 aromatic rings. The van der Waals surface area contributed by atoms with Crippen molar-refractivity contribution in [1.29, 1.82) is 0 Å². The topological polar surface area (TPSA) is 66.6 Å². The quantitative estimate of drug-likeness (QED) is 0.834. The lowest BCUT2D eigenvalue weighted by Gasteiger charge is -2.27. The summed E-state index contributed by atoms with van der Waals surface area (Å²) in [5, 5.41) is 9.26. The van der Waals surface area contributed by atoms with E-state index in [2.05, 4.69) is 13.8 Å². The zero-order valence-electron chi connectivity index (χ0n) is 12.2. The Labute approximate surface area is 120 Å². The molecule has 2 rings (SSSR count). The molecule has 1 saturated carbocycles. The molecule has 0 bridgehead atoms. The molecule has 1 aliphatic carbocycles. The van der Waals surface area contributed by atoms with E-state index in [-0.39, 0.29) is 11.7 Å². The first-order valence-corrected chi connectivity index (χ1v) is 7.31. The summed E-state index contributed by atoms with van der Waals surface area (Å²) in [6, 6.07) is 6.77. The number of hydrogen-bond donors (Lipinski definition) is 2. The molecule has 1 fully saturated rings. The molecule has 3 N–H and O–H groups in total. The summed E-state index contributed by atoms with van der Waals surface area (Å²) in [5.74, 6) is 0.739. The number of hydrogen-bond acceptors (Lipinski definition) is 3. The van der Waals surface area contributed by atoms with Gasteiger partial charge < -0.3 is 15.7 Å². The molecule has 0 spiro atoms. The average Bonchev–Trinajstić information content (AvgIpc) is 3.22. The molecule has 1 amide bonds. The van der Waals surface area contributed by atoms with Crippen LogP contribution in [0.2, 0.25) is 0 Å². The Bertz CT molecular complexity index is 452. The molecular weight excluding hydrogens is 252 g/mol. The minimum Gasteiger partial charge on any atom is -0.508 e. The van der Waals surface area contributed by atoms with Gasteiger partial charge in [0, 0.05) is 12.6 Å². The molecule has 110 valence electrons. The fourth-order valence-electron chi connectivity index (χ4n) is 2.38. The van der Waals surface area contributed by atoms with Crippen LogP contribution in [0.3, 0.4) is 0 Å². The van der Waals surface area contributed by atoms with Gasteiger partial charge in [-0.2, -0.15) is 0 Å². The predicted octanol–water partition coefficient (Wildman–Crippen LogP) is 1.91. The minimum atomic E-state index is -0.501. The fraction of sp³-hybridized carbons (Fsp3) is 0.562. The van der Waals surface area contributed by atoms with Gasteiger partial charge in [0.05, 0.1) is 6.04 Å². The van der Waals surface area contributed by atoms with E-state index in [0.29, 0.717) is 18.4 Å². The highest BCUT2D eigenvalue weighted by molar-refractivity contribution is 5.82. The Morgan fingerprint density at radius 3 is 2.45 bits per heavy atom. The highest BCUT2D eigenvalue weighted by Gasteiger charge is 2.34. The second-order valence-electron chi connectivity index (χ2n) is 6.09. The molecule has 1 atom stereocenters. The first kappa shape index (κ1) is 14.9. The largest absolute Gasteiger partial charge is 0.508 e. The van der Waals surface area contributed by atoms with Crippen LogP contribution in [-0.2, 0) is 11.2 Å². The number of phenols is 1. The molecule has 0 aromatic heterocycles. The van der Waals surface area contributed by atoms with Gasteiger partial charge in [0.25, 0.3) is 0 Å². The summed E-state index contributed by atoms with van der Waals surface area (Å²) < 4.78 is 0. The van der Waals surface area contributed by atoms with Crippen LogP contribution in [-0.4, -0.2) is 34.5 Å². The minimum absolute atomic E-state index is 0.0503. The number of carbonyl (C=O) groups excluding carboxylic acids is 1. The second kappa shape index (κ2) is 6.27. The first-order valence-electron chi connectivity index (χ1n) is 7.31. The number of nitrogens with two attached hydrogens (primary N) is 1. The van der Waals surface area contributed by atoms with E-state index in [9.17, 15) is 9.90 Å². The molecule has 0 heterocycles. The molecule has 20 heavy (non-hydrogen) atoms. The molecule has 1 aromatic carbocycles. The summed E-state index contributed by atoms with van der Waals surface area (Å²) in [4.78, 5) is 14.4. The Morgan fingerprint density at radius 1 is 1.35 bits per heavy atom. The van der Waals surface area contributed by atoms with Gasteiger partial charge in [-0.3, -0.25) is 4.79 Å². The van der Waals surface area contributed by atoms with Gasteiger partial charge in [-0.1, -0.05) is 26.0 Å². The number of nitrogens with zero attached hydrogens (tertiary/aromatic N) is 1. The fourth-order valence-corrected chi connectivity index (χ4v) is 2.38. The van der Waals surface area contributed by atoms with Crippen LogP contribution in [0.25, 0.3) is 0 Å². The van der Waals surface area contributed by atoms with Gasteiger partial charge in [0.15, 0.2) is 0 Å². The highest BCUT2D eigenvalue weighted by atomic mass is 16.3. The zero-order valence-corrected chi connectivity index (χ0v) is 12.2. The van der Waals surface area contributed by atoms with Crippen molar-refractivity contribution in [1.82, 2.24) is 4.90 Å². The van der Waals surface area contributed by atoms with E-state index in [4.69, 9.17) is 5.73 Å². The second-order valence-corrected chi connectivity index (χ2v) is 6.09. The molecule has 4 heteroatoms. The van der Waals surface area contributed by atoms with Crippen molar-refractivity contribution in [2.24, 2.45) is 11.7 Å². The zero-order chi connectivity index (χ0) is 14.7. The van der Waals surface area contributed by atoms with Crippen molar-refractivity contribution in [3.05, 3.63) is 29.8 Å². The highest BCUT2D eigenvalue weighted by Crippen LogP contribution is 2.28. The van der Waals surface area contributed by atoms with Crippen molar-refractivity contribution in [3.63, 3.8) is 0 Å². The number of carbonyl (C=O) groups is 1. The van der Waals surface area contributed by atoms with Crippen LogP contribution in [0.4, 0.5) is 0 Å². The van der Waals surface area contributed by atoms with Crippen LogP contribution in [0.5, 0.6) is 5.75 Å². The lowest BCUT2D eigenvalue weighted by atomic mass is 10.0. The summed E-state index contributed by atoms with van der Waals surface area (Å²) in [7, 11) is 0. The Kier molecular flexibility index (Phi) is 4.65. The maximum absolute atomic E-state index is 12.5. The van der Waals surface area contributed by atoms with Crippen molar-refractivity contribution in [3.8, 4) is 5.75 Å². The number of benzene rings is 1. The SMILES string of the molecule is CC(C)CN(C(=O)C(N)Cc1ccc(O)cc1)C1CC1. The number of aromatic hydroxyl groups is 1. The Morgan fingerprint density at radius 2 is 1.95 bits per heavy atom. The van der Waals surface area contributed by atoms with Crippen LogP contribution >= 0.6 is 0 Å². The van der Waals surface area contributed by atoms with Gasteiger partial charge >= 0.3 is 0 Å². The van der Waals surface area contributed by atoms with E-state index in [1.165, 1.54) is 0 Å². The molecule has 1 aliphatic rings. The molecule has 0 aliphatic heterocycles. The third-order valence-electron chi connectivity index (χ3n) is 3.54. The first-order chi connectivity index (χ1) is 9.47. The average molecular weight is 276 g/mol. The Balaban J connectivity index is 1.97. The van der Waals surface area contributed by atoms with Crippen molar-refractivity contribution < 1.29 is 9.90 Å². The molecule has 4 nitrogen and oxygen atoms in total. The normalized spacial score (nSPS) is 16.2. The van der Waals surface area contributed by atoms with Gasteiger partial charge in [0.2, 0.25) is 5.91 Å².